The van der Waals surface area contributed by atoms with E-state index in [1.54, 1.807) is 7.11 Å². The van der Waals surface area contributed by atoms with Gasteiger partial charge in [-0.15, -0.1) is 0 Å². The van der Waals surface area contributed by atoms with Crippen molar-refractivity contribution >= 4 is 17.6 Å². The van der Waals surface area contributed by atoms with E-state index in [0.29, 0.717) is 25.5 Å². The second kappa shape index (κ2) is 11.5. The molecule has 140 valence electrons. The molecule has 1 unspecified atom stereocenters. The van der Waals surface area contributed by atoms with Crippen molar-refractivity contribution in [2.24, 2.45) is 10.9 Å². The van der Waals surface area contributed by atoms with E-state index >= 15 is 0 Å². The maximum absolute atomic E-state index is 11.9. The number of methoxy groups -OCH3 is 1. The average molecular weight is 348 g/mol. The molecule has 6 heteroatoms. The lowest BCUT2D eigenvalue weighted by Crippen LogP contribution is -2.43. The molecule has 1 amide bonds. The van der Waals surface area contributed by atoms with Crippen molar-refractivity contribution < 1.29 is 9.53 Å². The number of aliphatic imine (C=N–C) groups is 1. The third-order valence-electron chi connectivity index (χ3n) is 3.37. The molecule has 0 fully saturated rings. The number of amides is 1. The van der Waals surface area contributed by atoms with Gasteiger partial charge >= 0.3 is 0 Å². The molecule has 0 spiro atoms. The molecule has 0 saturated carbocycles. The largest absolute Gasteiger partial charge is 0.383 e. The highest BCUT2D eigenvalue weighted by atomic mass is 16.5. The lowest BCUT2D eigenvalue weighted by molar-refractivity contribution is -0.116. The zero-order valence-corrected chi connectivity index (χ0v) is 16.1. The first-order valence-electron chi connectivity index (χ1n) is 8.87. The molecule has 0 aliphatic rings. The number of carbonyl (C=O) groups is 1. The highest BCUT2D eigenvalue weighted by Crippen LogP contribution is 2.13. The molecule has 1 atom stereocenters. The van der Waals surface area contributed by atoms with Crippen molar-refractivity contribution in [3.8, 4) is 0 Å². The lowest BCUT2D eigenvalue weighted by Gasteiger charge is -2.17. The van der Waals surface area contributed by atoms with Crippen molar-refractivity contribution in [2.45, 2.75) is 46.7 Å². The summed E-state index contributed by atoms with van der Waals surface area (Å²) in [6.45, 7) is 10.1. The minimum atomic E-state index is 0.0408. The average Bonchev–Trinajstić information content (AvgIpc) is 2.52. The predicted molar refractivity (Wildman–Crippen MR) is 104 cm³/mol. The Balaban J connectivity index is 2.70. The molecule has 0 bridgehead atoms. The number of rotatable bonds is 9. The van der Waals surface area contributed by atoms with Crippen LogP contribution in [-0.2, 0) is 16.1 Å². The first-order chi connectivity index (χ1) is 11.9. The van der Waals surface area contributed by atoms with Crippen LogP contribution >= 0.6 is 0 Å². The highest BCUT2D eigenvalue weighted by molar-refractivity contribution is 5.90. The van der Waals surface area contributed by atoms with Gasteiger partial charge in [-0.3, -0.25) is 4.79 Å². The van der Waals surface area contributed by atoms with Gasteiger partial charge in [-0.25, -0.2) is 4.99 Å². The van der Waals surface area contributed by atoms with Crippen LogP contribution in [0.2, 0.25) is 0 Å². The van der Waals surface area contributed by atoms with Crippen LogP contribution in [0.25, 0.3) is 0 Å². The molecule has 0 heterocycles. The molecule has 0 aromatic heterocycles. The number of hydrogen-bond acceptors (Lipinski definition) is 3. The Morgan fingerprint density at radius 3 is 2.68 bits per heavy atom. The quantitative estimate of drug-likeness (QED) is 0.474. The number of anilines is 1. The maximum atomic E-state index is 11.9. The number of carbonyl (C=O) groups excluding carboxylic acids is 1. The summed E-state index contributed by atoms with van der Waals surface area (Å²) in [6, 6.07) is 7.97. The number of nitrogens with one attached hydrogen (secondary N) is 3. The molecule has 6 nitrogen and oxygen atoms in total. The van der Waals surface area contributed by atoms with Crippen LogP contribution in [0.1, 0.15) is 39.7 Å². The number of guanidine groups is 1. The molecule has 3 N–H and O–H groups in total. The van der Waals surface area contributed by atoms with Crippen molar-refractivity contribution in [1.82, 2.24) is 10.6 Å². The van der Waals surface area contributed by atoms with E-state index in [4.69, 9.17) is 4.74 Å². The Hall–Kier alpha value is -2.08. The Bertz CT molecular complexity index is 558. The fourth-order valence-electron chi connectivity index (χ4n) is 2.35. The molecule has 1 aromatic rings. The summed E-state index contributed by atoms with van der Waals surface area (Å²) in [6.07, 6.45) is 0.522. The molecule has 0 radical (unpaired) electrons. The van der Waals surface area contributed by atoms with Crippen LogP contribution in [0.4, 0.5) is 5.69 Å². The summed E-state index contributed by atoms with van der Waals surface area (Å²) in [4.78, 5) is 16.5. The van der Waals surface area contributed by atoms with E-state index in [1.807, 2.05) is 52.0 Å². The monoisotopic (exact) mass is 348 g/mol. The lowest BCUT2D eigenvalue weighted by atomic mass is 10.1. The van der Waals surface area contributed by atoms with Crippen molar-refractivity contribution in [3.63, 3.8) is 0 Å². The first-order valence-corrected chi connectivity index (χ1v) is 8.87. The summed E-state index contributed by atoms with van der Waals surface area (Å²) in [5, 5.41) is 9.47. The molecule has 25 heavy (non-hydrogen) atoms. The fourth-order valence-corrected chi connectivity index (χ4v) is 2.35. The third kappa shape index (κ3) is 9.10. The molecule has 0 saturated heterocycles. The summed E-state index contributed by atoms with van der Waals surface area (Å²) < 4.78 is 5.14. The van der Waals surface area contributed by atoms with E-state index < -0.39 is 0 Å². The van der Waals surface area contributed by atoms with Crippen molar-refractivity contribution in [2.75, 3.05) is 25.6 Å². The molecule has 0 aliphatic carbocycles. The summed E-state index contributed by atoms with van der Waals surface area (Å²) in [5.74, 6) is 1.14. The number of benzene rings is 1. The second-order valence-corrected chi connectivity index (χ2v) is 6.54. The fraction of sp³-hybridized carbons (Fsp3) is 0.579. The second-order valence-electron chi connectivity index (χ2n) is 6.54. The molecular weight excluding hydrogens is 316 g/mol. The normalized spacial score (nSPS) is 12.8. The van der Waals surface area contributed by atoms with Crippen molar-refractivity contribution in [3.05, 3.63) is 29.8 Å². The van der Waals surface area contributed by atoms with Crippen LogP contribution in [0, 0.1) is 5.92 Å². The van der Waals surface area contributed by atoms with Gasteiger partial charge in [0, 0.05) is 31.8 Å². The molecule has 1 aromatic carbocycles. The van der Waals surface area contributed by atoms with E-state index in [-0.39, 0.29) is 11.9 Å². The third-order valence-corrected chi connectivity index (χ3v) is 3.37. The Morgan fingerprint density at radius 2 is 2.04 bits per heavy atom. The van der Waals surface area contributed by atoms with Gasteiger partial charge in [0.25, 0.3) is 0 Å². The zero-order chi connectivity index (χ0) is 18.7. The minimum Gasteiger partial charge on any atom is -0.383 e. The van der Waals surface area contributed by atoms with Gasteiger partial charge in [0.15, 0.2) is 5.96 Å². The van der Waals surface area contributed by atoms with Gasteiger partial charge in [-0.05, 0) is 37.5 Å². The number of ether oxygens (including phenoxy) is 1. The van der Waals surface area contributed by atoms with Crippen LogP contribution < -0.4 is 16.0 Å². The van der Waals surface area contributed by atoms with Gasteiger partial charge in [0.2, 0.25) is 5.91 Å². The van der Waals surface area contributed by atoms with Crippen LogP contribution in [-0.4, -0.2) is 38.2 Å². The van der Waals surface area contributed by atoms with Crippen LogP contribution in [0.3, 0.4) is 0 Å². The number of hydrogen-bond donors (Lipinski definition) is 3. The Labute approximate surface area is 151 Å². The Morgan fingerprint density at radius 1 is 1.28 bits per heavy atom. The molecular formula is C19H32N4O2. The minimum absolute atomic E-state index is 0.0408. The highest BCUT2D eigenvalue weighted by Gasteiger charge is 2.07. The Kier molecular flexibility index (Phi) is 9.62. The van der Waals surface area contributed by atoms with Crippen molar-refractivity contribution in [1.29, 1.82) is 0 Å². The summed E-state index contributed by atoms with van der Waals surface area (Å²) in [7, 11) is 1.68. The van der Waals surface area contributed by atoms with Gasteiger partial charge in [-0.1, -0.05) is 26.0 Å². The maximum Gasteiger partial charge on any atom is 0.224 e. The predicted octanol–water partition coefficient (Wildman–Crippen LogP) is 2.76. The van der Waals surface area contributed by atoms with E-state index in [2.05, 4.69) is 20.9 Å². The molecule has 1 rings (SSSR count). The summed E-state index contributed by atoms with van der Waals surface area (Å²) in [5.41, 5.74) is 1.85. The van der Waals surface area contributed by atoms with Crippen LogP contribution in [0.15, 0.2) is 29.3 Å². The topological polar surface area (TPSA) is 74.8 Å². The van der Waals surface area contributed by atoms with Gasteiger partial charge < -0.3 is 20.7 Å². The standard InChI is InChI=1S/C19H32N4O2/c1-6-20-19(22-15(4)13-25-5)21-12-16-8-7-9-17(11-16)23-18(24)10-14(2)3/h7-9,11,14-15H,6,10,12-13H2,1-5H3,(H,23,24)(H2,20,21,22). The molecule has 0 aliphatic heterocycles. The first kappa shape index (κ1) is 21.0. The van der Waals surface area contributed by atoms with E-state index in [1.165, 1.54) is 0 Å². The smallest absolute Gasteiger partial charge is 0.224 e. The van der Waals surface area contributed by atoms with E-state index in [0.717, 1.165) is 23.8 Å². The van der Waals surface area contributed by atoms with Gasteiger partial charge in [-0.2, -0.15) is 0 Å². The van der Waals surface area contributed by atoms with Gasteiger partial charge in [0.05, 0.1) is 13.2 Å². The zero-order valence-electron chi connectivity index (χ0n) is 16.1. The van der Waals surface area contributed by atoms with Gasteiger partial charge in [0.1, 0.15) is 0 Å². The summed E-state index contributed by atoms with van der Waals surface area (Å²) >= 11 is 0. The SMILES string of the molecule is CCNC(=NCc1cccc(NC(=O)CC(C)C)c1)NC(C)COC. The van der Waals surface area contributed by atoms with Crippen LogP contribution in [0.5, 0.6) is 0 Å². The van der Waals surface area contributed by atoms with E-state index in [9.17, 15) is 4.79 Å². The number of nitrogens with zero attached hydrogens (tertiary/aromatic N) is 1.